The highest BCUT2D eigenvalue weighted by atomic mass is 16.6. The van der Waals surface area contributed by atoms with E-state index in [4.69, 9.17) is 0 Å². The molecule has 19 heavy (non-hydrogen) atoms. The van der Waals surface area contributed by atoms with E-state index in [1.54, 1.807) is 17.0 Å². The van der Waals surface area contributed by atoms with Crippen LogP contribution in [0.25, 0.3) is 0 Å². The predicted octanol–water partition coefficient (Wildman–Crippen LogP) is 0.877. The number of hydrogen-bond donors (Lipinski definition) is 0. The van der Waals surface area contributed by atoms with Gasteiger partial charge in [0, 0.05) is 10.5 Å². The normalized spacial score (nSPS) is 10.1. The minimum Gasteiger partial charge on any atom is -0.280 e. The van der Waals surface area contributed by atoms with Gasteiger partial charge in [0.2, 0.25) is 0 Å². The largest absolute Gasteiger partial charge is 0.298 e. The molecular weight excluding hydrogens is 246 g/mol. The molecule has 0 aliphatic carbocycles. The summed E-state index contributed by atoms with van der Waals surface area (Å²) in [4.78, 5) is 25.4. The lowest BCUT2D eigenvalue weighted by Crippen LogP contribution is -2.42. The van der Waals surface area contributed by atoms with Crippen molar-refractivity contribution in [2.24, 2.45) is 0 Å². The lowest BCUT2D eigenvalue weighted by Gasteiger charge is -2.01. The Balaban J connectivity index is 2.26. The maximum absolute atomic E-state index is 11.8. The average Bonchev–Trinajstić information content (AvgIpc) is 2.39. The number of nitrogens with zero attached hydrogens (tertiary/aromatic N) is 3. The molecule has 0 spiro atoms. The summed E-state index contributed by atoms with van der Waals surface area (Å²) in [5, 5.41) is 10.4. The van der Waals surface area contributed by atoms with Gasteiger partial charge in [0.15, 0.2) is 12.7 Å². The highest BCUT2D eigenvalue weighted by molar-refractivity contribution is 5.93. The Bertz CT molecular complexity index is 599. The third-order valence-corrected chi connectivity index (χ3v) is 2.59. The molecule has 1 heterocycles. The molecule has 0 aliphatic rings. The Kier molecular flexibility index (Phi) is 3.92. The molecule has 2 aromatic rings. The van der Waals surface area contributed by atoms with Gasteiger partial charge in [0.05, 0.1) is 6.20 Å². The van der Waals surface area contributed by atoms with Gasteiger partial charge in [-0.25, -0.2) is 0 Å². The zero-order valence-electron chi connectivity index (χ0n) is 10.1. The molecule has 0 N–H and O–H groups in total. The van der Waals surface area contributed by atoms with Gasteiger partial charge in [0.25, 0.3) is 18.0 Å². The van der Waals surface area contributed by atoms with E-state index in [9.17, 15) is 14.9 Å². The molecular formula is C13H12N3O3+. The van der Waals surface area contributed by atoms with Gasteiger partial charge in [-0.3, -0.25) is 19.9 Å². The molecule has 0 saturated carbocycles. The van der Waals surface area contributed by atoms with Gasteiger partial charge in [-0.15, -0.1) is 0 Å². The monoisotopic (exact) mass is 258 g/mol. The van der Waals surface area contributed by atoms with E-state index in [1.165, 1.54) is 6.20 Å². The fourth-order valence-electron chi connectivity index (χ4n) is 1.74. The Morgan fingerprint density at radius 1 is 1.32 bits per heavy atom. The molecule has 6 nitrogen and oxygen atoms in total. The van der Waals surface area contributed by atoms with Crippen molar-refractivity contribution in [1.82, 2.24) is 4.98 Å². The van der Waals surface area contributed by atoms with Crippen LogP contribution in [0.1, 0.15) is 16.1 Å². The van der Waals surface area contributed by atoms with Crippen molar-refractivity contribution in [1.29, 1.82) is 0 Å². The number of Topliss-reactive ketones (excluding diaryl/α,β-unsaturated/α-hetero) is 1. The average molecular weight is 258 g/mol. The number of ketones is 1. The maximum atomic E-state index is 11.8. The van der Waals surface area contributed by atoms with Crippen LogP contribution in [-0.2, 0) is 6.54 Å². The minimum atomic E-state index is -0.722. The van der Waals surface area contributed by atoms with Crippen LogP contribution in [0.5, 0.6) is 0 Å². The van der Waals surface area contributed by atoms with Crippen molar-refractivity contribution in [3.05, 3.63) is 70.3 Å². The van der Waals surface area contributed by atoms with Gasteiger partial charge in [-0.1, -0.05) is 30.3 Å². The lowest BCUT2D eigenvalue weighted by molar-refractivity contribution is -0.691. The summed E-state index contributed by atoms with van der Waals surface area (Å²) in [5.74, 6) is -0.547. The molecule has 2 rings (SSSR count). The first-order valence-corrected chi connectivity index (χ1v) is 5.69. The van der Waals surface area contributed by atoms with Crippen LogP contribution in [0.2, 0.25) is 0 Å². The molecule has 96 valence electrons. The number of rotatable bonds is 5. The summed E-state index contributed by atoms with van der Waals surface area (Å²) in [6.07, 6.45) is 4.54. The second-order valence-corrected chi connectivity index (χ2v) is 3.99. The molecule has 1 aromatic carbocycles. The molecule has 0 radical (unpaired) electrons. The number of hydrogen-bond acceptors (Lipinski definition) is 4. The van der Waals surface area contributed by atoms with Gasteiger partial charge in [-0.2, -0.15) is 4.57 Å². The number of benzene rings is 1. The smallest absolute Gasteiger partial charge is 0.280 e. The Morgan fingerprint density at radius 3 is 2.74 bits per heavy atom. The van der Waals surface area contributed by atoms with Crippen LogP contribution in [0.3, 0.4) is 0 Å². The Labute approximate surface area is 109 Å². The van der Waals surface area contributed by atoms with Crippen LogP contribution in [0.4, 0.5) is 0 Å². The number of carbonyl (C=O) groups is 1. The van der Waals surface area contributed by atoms with Crippen molar-refractivity contribution in [2.45, 2.75) is 6.54 Å². The SMILES string of the molecule is O=C(C[N+](=O)[O-])c1cncc[n+]1Cc1ccccc1. The highest BCUT2D eigenvalue weighted by Crippen LogP contribution is 1.99. The van der Waals surface area contributed by atoms with Crippen LogP contribution in [0.15, 0.2) is 48.9 Å². The van der Waals surface area contributed by atoms with E-state index in [0.29, 0.717) is 6.54 Å². The topological polar surface area (TPSA) is 77.0 Å². The summed E-state index contributed by atoms with van der Waals surface area (Å²) in [7, 11) is 0. The number of carbonyl (C=O) groups excluding carboxylic acids is 1. The molecule has 0 atom stereocenters. The first-order chi connectivity index (χ1) is 9.16. The highest BCUT2D eigenvalue weighted by Gasteiger charge is 2.23. The third kappa shape index (κ3) is 3.41. The third-order valence-electron chi connectivity index (χ3n) is 2.59. The van der Waals surface area contributed by atoms with E-state index in [1.807, 2.05) is 30.3 Å². The second kappa shape index (κ2) is 5.81. The van der Waals surface area contributed by atoms with Crippen LogP contribution >= 0.6 is 0 Å². The fraction of sp³-hybridized carbons (Fsp3) is 0.154. The van der Waals surface area contributed by atoms with E-state index < -0.39 is 17.3 Å². The summed E-state index contributed by atoms with van der Waals surface area (Å²) >= 11 is 0. The zero-order valence-corrected chi connectivity index (χ0v) is 10.1. The predicted molar refractivity (Wildman–Crippen MR) is 66.2 cm³/mol. The van der Waals surface area contributed by atoms with Crippen molar-refractivity contribution < 1.29 is 14.3 Å². The zero-order chi connectivity index (χ0) is 13.7. The van der Waals surface area contributed by atoms with E-state index >= 15 is 0 Å². The standard InChI is InChI=1S/C13H12N3O3/c17-13(10-16(18)19)12-8-14-6-7-15(12)9-11-4-2-1-3-5-11/h1-8H,9-10H2/q+1. The van der Waals surface area contributed by atoms with Gasteiger partial charge in [0.1, 0.15) is 6.20 Å². The first-order valence-electron chi connectivity index (χ1n) is 5.69. The molecule has 0 aliphatic heterocycles. The van der Waals surface area contributed by atoms with Crippen LogP contribution in [-0.4, -0.2) is 22.2 Å². The molecule has 0 unspecified atom stereocenters. The lowest BCUT2D eigenvalue weighted by atomic mass is 10.2. The van der Waals surface area contributed by atoms with Crippen molar-refractivity contribution >= 4 is 5.78 Å². The number of nitro groups is 1. The minimum absolute atomic E-state index is 0.239. The molecule has 0 bridgehead atoms. The maximum Gasteiger partial charge on any atom is 0.298 e. The van der Waals surface area contributed by atoms with E-state index in [0.717, 1.165) is 5.56 Å². The Hall–Kier alpha value is -2.63. The summed E-state index contributed by atoms with van der Waals surface area (Å²) in [5.41, 5.74) is 1.25. The van der Waals surface area contributed by atoms with Gasteiger partial charge < -0.3 is 0 Å². The molecule has 0 amide bonds. The summed E-state index contributed by atoms with van der Waals surface area (Å²) in [6.45, 7) is -0.247. The van der Waals surface area contributed by atoms with E-state index in [2.05, 4.69) is 4.98 Å². The Morgan fingerprint density at radius 2 is 2.05 bits per heavy atom. The van der Waals surface area contributed by atoms with Crippen molar-refractivity contribution in [3.63, 3.8) is 0 Å². The summed E-state index contributed by atoms with van der Waals surface area (Å²) in [6, 6.07) is 9.55. The van der Waals surface area contributed by atoms with Gasteiger partial charge in [-0.05, 0) is 0 Å². The van der Waals surface area contributed by atoms with Crippen molar-refractivity contribution in [2.75, 3.05) is 6.54 Å². The fourth-order valence-corrected chi connectivity index (χ4v) is 1.74. The van der Waals surface area contributed by atoms with Crippen LogP contribution in [0, 0.1) is 10.1 Å². The molecule has 1 aromatic heterocycles. The van der Waals surface area contributed by atoms with Crippen LogP contribution < -0.4 is 4.57 Å². The second-order valence-electron chi connectivity index (χ2n) is 3.99. The van der Waals surface area contributed by atoms with Crippen molar-refractivity contribution in [3.8, 4) is 0 Å². The molecule has 6 heteroatoms. The number of aromatic nitrogens is 2. The summed E-state index contributed by atoms with van der Waals surface area (Å²) < 4.78 is 1.66. The van der Waals surface area contributed by atoms with E-state index in [-0.39, 0.29) is 5.69 Å². The molecule has 0 fully saturated rings. The first kappa shape index (κ1) is 12.8. The van der Waals surface area contributed by atoms with Gasteiger partial charge >= 0.3 is 0 Å². The quantitative estimate of drug-likeness (QED) is 0.345. The molecule has 0 saturated heterocycles.